The molecule has 0 atom stereocenters. The van der Waals surface area contributed by atoms with Gasteiger partial charge in [0.25, 0.3) is 11.8 Å². The van der Waals surface area contributed by atoms with Gasteiger partial charge in [0.15, 0.2) is 5.76 Å². The SMILES string of the molecule is Cc1cc(C)cc(-n2nc(C)cc2NC(=O)c2ccc(NC(=O)c3ccco3)s2)c1. The first kappa shape index (κ1) is 19.7. The van der Waals surface area contributed by atoms with Crippen molar-refractivity contribution in [1.29, 1.82) is 0 Å². The molecule has 0 saturated heterocycles. The predicted octanol–water partition coefficient (Wildman–Crippen LogP) is 4.96. The van der Waals surface area contributed by atoms with E-state index in [0.717, 1.165) is 22.5 Å². The highest BCUT2D eigenvalue weighted by Crippen LogP contribution is 2.25. The van der Waals surface area contributed by atoms with E-state index in [-0.39, 0.29) is 17.6 Å². The fraction of sp³-hybridized carbons (Fsp3) is 0.136. The molecule has 1 aromatic carbocycles. The number of amides is 2. The summed E-state index contributed by atoms with van der Waals surface area (Å²) in [7, 11) is 0. The molecule has 30 heavy (non-hydrogen) atoms. The second kappa shape index (κ2) is 8.00. The van der Waals surface area contributed by atoms with Crippen LogP contribution in [0.25, 0.3) is 5.69 Å². The lowest BCUT2D eigenvalue weighted by Gasteiger charge is -2.10. The number of hydrogen-bond acceptors (Lipinski definition) is 5. The normalized spacial score (nSPS) is 10.8. The van der Waals surface area contributed by atoms with Crippen molar-refractivity contribution in [2.75, 3.05) is 10.6 Å². The van der Waals surface area contributed by atoms with Gasteiger partial charge in [0, 0.05) is 6.07 Å². The molecule has 0 aliphatic heterocycles. The van der Waals surface area contributed by atoms with Gasteiger partial charge in [0.2, 0.25) is 0 Å². The predicted molar refractivity (Wildman–Crippen MR) is 117 cm³/mol. The van der Waals surface area contributed by atoms with Gasteiger partial charge in [-0.15, -0.1) is 11.3 Å². The largest absolute Gasteiger partial charge is 0.459 e. The maximum absolute atomic E-state index is 12.8. The number of hydrogen-bond donors (Lipinski definition) is 2. The Balaban J connectivity index is 1.52. The van der Waals surface area contributed by atoms with E-state index in [0.29, 0.717) is 15.7 Å². The summed E-state index contributed by atoms with van der Waals surface area (Å²) in [4.78, 5) is 25.4. The Kier molecular flexibility index (Phi) is 5.24. The lowest BCUT2D eigenvalue weighted by molar-refractivity contribution is 0.0995. The van der Waals surface area contributed by atoms with Gasteiger partial charge in [-0.2, -0.15) is 5.10 Å². The third kappa shape index (κ3) is 4.18. The lowest BCUT2D eigenvalue weighted by Crippen LogP contribution is -2.14. The van der Waals surface area contributed by atoms with E-state index < -0.39 is 0 Å². The van der Waals surface area contributed by atoms with Gasteiger partial charge in [0.05, 0.1) is 27.5 Å². The fourth-order valence-electron chi connectivity index (χ4n) is 3.14. The summed E-state index contributed by atoms with van der Waals surface area (Å²) in [6.45, 7) is 5.92. The molecule has 0 radical (unpaired) electrons. The Morgan fingerprint density at radius 2 is 1.73 bits per heavy atom. The van der Waals surface area contributed by atoms with Crippen LogP contribution in [0.4, 0.5) is 10.8 Å². The Morgan fingerprint density at radius 1 is 0.967 bits per heavy atom. The van der Waals surface area contributed by atoms with Gasteiger partial charge >= 0.3 is 0 Å². The highest BCUT2D eigenvalue weighted by Gasteiger charge is 2.16. The van der Waals surface area contributed by atoms with E-state index in [9.17, 15) is 9.59 Å². The molecule has 4 aromatic rings. The van der Waals surface area contributed by atoms with Crippen molar-refractivity contribution in [3.63, 3.8) is 0 Å². The molecule has 7 nitrogen and oxygen atoms in total. The first-order valence-corrected chi connectivity index (χ1v) is 10.1. The Labute approximate surface area is 177 Å². The van der Waals surface area contributed by atoms with E-state index >= 15 is 0 Å². The smallest absolute Gasteiger partial charge is 0.291 e. The summed E-state index contributed by atoms with van der Waals surface area (Å²) < 4.78 is 6.80. The zero-order valence-corrected chi connectivity index (χ0v) is 17.5. The Bertz CT molecular complexity index is 1200. The Morgan fingerprint density at radius 3 is 2.43 bits per heavy atom. The van der Waals surface area contributed by atoms with E-state index in [1.54, 1.807) is 28.9 Å². The van der Waals surface area contributed by atoms with E-state index in [1.807, 2.05) is 39.0 Å². The van der Waals surface area contributed by atoms with Crippen LogP contribution >= 0.6 is 11.3 Å². The average molecular weight is 420 g/mol. The quantitative estimate of drug-likeness (QED) is 0.478. The molecule has 0 saturated carbocycles. The van der Waals surface area contributed by atoms with E-state index in [1.165, 1.54) is 17.6 Å². The van der Waals surface area contributed by atoms with Crippen LogP contribution in [-0.2, 0) is 0 Å². The second-order valence-electron chi connectivity index (χ2n) is 6.98. The van der Waals surface area contributed by atoms with Gasteiger partial charge in [0.1, 0.15) is 5.82 Å². The van der Waals surface area contributed by atoms with Crippen LogP contribution in [0.2, 0.25) is 0 Å². The molecule has 0 aliphatic carbocycles. The molecule has 0 bridgehead atoms. The third-order valence-electron chi connectivity index (χ3n) is 4.34. The number of furan rings is 1. The summed E-state index contributed by atoms with van der Waals surface area (Å²) in [5, 5.41) is 10.7. The number of benzene rings is 1. The van der Waals surface area contributed by atoms with Crippen molar-refractivity contribution in [2.24, 2.45) is 0 Å². The lowest BCUT2D eigenvalue weighted by atomic mass is 10.1. The van der Waals surface area contributed by atoms with Gasteiger partial charge in [-0.25, -0.2) is 4.68 Å². The zero-order valence-electron chi connectivity index (χ0n) is 16.7. The van der Waals surface area contributed by atoms with Crippen LogP contribution in [0.15, 0.2) is 59.2 Å². The molecule has 0 unspecified atom stereocenters. The fourth-order valence-corrected chi connectivity index (χ4v) is 3.94. The van der Waals surface area contributed by atoms with Crippen LogP contribution in [0.3, 0.4) is 0 Å². The molecular formula is C22H20N4O3S. The van der Waals surface area contributed by atoms with Crippen molar-refractivity contribution in [1.82, 2.24) is 9.78 Å². The molecule has 3 heterocycles. The standard InChI is InChI=1S/C22H20N4O3S/c1-13-9-14(2)11-16(10-13)26-19(12-15(3)25-26)23-22(28)18-6-7-20(30-18)24-21(27)17-5-4-8-29-17/h4-12H,1-3H3,(H,23,28)(H,24,27). The average Bonchev–Trinajstić information content (AvgIpc) is 3.42. The number of aromatic nitrogens is 2. The van der Waals surface area contributed by atoms with Gasteiger partial charge in [-0.3, -0.25) is 9.59 Å². The van der Waals surface area contributed by atoms with Gasteiger partial charge in [-0.05, 0) is 68.3 Å². The molecule has 8 heteroatoms. The topological polar surface area (TPSA) is 89.2 Å². The number of thiophene rings is 1. The van der Waals surface area contributed by atoms with Crippen molar-refractivity contribution in [3.8, 4) is 5.69 Å². The minimum absolute atomic E-state index is 0.210. The molecule has 4 rings (SSSR count). The van der Waals surface area contributed by atoms with Crippen molar-refractivity contribution >= 4 is 34.0 Å². The van der Waals surface area contributed by atoms with Crippen molar-refractivity contribution in [3.05, 3.63) is 82.3 Å². The summed E-state index contributed by atoms with van der Waals surface area (Å²) in [5.74, 6) is 0.153. The third-order valence-corrected chi connectivity index (χ3v) is 5.34. The van der Waals surface area contributed by atoms with Crippen LogP contribution in [0.1, 0.15) is 37.0 Å². The van der Waals surface area contributed by atoms with Crippen molar-refractivity contribution < 1.29 is 14.0 Å². The van der Waals surface area contributed by atoms with Crippen molar-refractivity contribution in [2.45, 2.75) is 20.8 Å². The van der Waals surface area contributed by atoms with Gasteiger partial charge < -0.3 is 15.1 Å². The number of nitrogens with zero attached hydrogens (tertiary/aromatic N) is 2. The first-order valence-electron chi connectivity index (χ1n) is 9.30. The van der Waals surface area contributed by atoms with E-state index in [2.05, 4.69) is 21.8 Å². The zero-order chi connectivity index (χ0) is 21.3. The van der Waals surface area contributed by atoms with Gasteiger partial charge in [-0.1, -0.05) is 6.07 Å². The second-order valence-corrected chi connectivity index (χ2v) is 8.06. The number of carbonyl (C=O) groups excluding carboxylic acids is 2. The highest BCUT2D eigenvalue weighted by atomic mass is 32.1. The minimum atomic E-state index is -0.364. The number of aryl methyl sites for hydroxylation is 3. The summed E-state index contributed by atoms with van der Waals surface area (Å²) >= 11 is 1.18. The highest BCUT2D eigenvalue weighted by molar-refractivity contribution is 7.18. The summed E-state index contributed by atoms with van der Waals surface area (Å²) in [6, 6.07) is 14.5. The molecule has 2 N–H and O–H groups in total. The van der Waals surface area contributed by atoms with E-state index in [4.69, 9.17) is 4.42 Å². The van der Waals surface area contributed by atoms with Crippen LogP contribution in [-0.4, -0.2) is 21.6 Å². The molecule has 0 aliphatic rings. The number of rotatable bonds is 5. The molecule has 0 fully saturated rings. The Hall–Kier alpha value is -3.65. The monoisotopic (exact) mass is 420 g/mol. The molecule has 3 aromatic heterocycles. The summed E-state index contributed by atoms with van der Waals surface area (Å²) in [6.07, 6.45) is 1.43. The maximum Gasteiger partial charge on any atom is 0.291 e. The summed E-state index contributed by atoms with van der Waals surface area (Å²) in [5.41, 5.74) is 3.91. The number of carbonyl (C=O) groups is 2. The molecule has 152 valence electrons. The minimum Gasteiger partial charge on any atom is -0.459 e. The first-order chi connectivity index (χ1) is 14.4. The van der Waals surface area contributed by atoms with Crippen LogP contribution in [0.5, 0.6) is 0 Å². The number of anilines is 2. The molecule has 0 spiro atoms. The number of nitrogens with one attached hydrogen (secondary N) is 2. The molecular weight excluding hydrogens is 400 g/mol. The molecule has 2 amide bonds. The van der Waals surface area contributed by atoms with Crippen LogP contribution in [0, 0.1) is 20.8 Å². The van der Waals surface area contributed by atoms with Crippen LogP contribution < -0.4 is 10.6 Å². The maximum atomic E-state index is 12.8.